The molecule has 0 aliphatic rings. The fourth-order valence-electron chi connectivity index (χ4n) is 0.959. The second kappa shape index (κ2) is 7.00. The molecule has 0 aromatic rings. The fraction of sp³-hybridized carbons (Fsp3) is 0.636. The Labute approximate surface area is 97.6 Å². The fourth-order valence-corrected chi connectivity index (χ4v) is 0.959. The summed E-state index contributed by atoms with van der Waals surface area (Å²) in [7, 11) is 7.31. The van der Waals surface area contributed by atoms with E-state index in [0.717, 1.165) is 0 Å². The first-order chi connectivity index (χ1) is 7.42. The van der Waals surface area contributed by atoms with Gasteiger partial charge in [0.2, 0.25) is 5.91 Å². The smallest absolute Gasteiger partial charge is 0.246 e. The number of aliphatic imine (C=N–C) groups is 1. The molecule has 1 amide bonds. The molecule has 92 valence electrons. The van der Waals surface area contributed by atoms with Gasteiger partial charge >= 0.3 is 0 Å². The summed E-state index contributed by atoms with van der Waals surface area (Å²) in [6.45, 7) is 3.74. The van der Waals surface area contributed by atoms with Crippen LogP contribution in [0.5, 0.6) is 0 Å². The van der Waals surface area contributed by atoms with Crippen LogP contribution in [0.15, 0.2) is 16.6 Å². The third kappa shape index (κ3) is 4.93. The molecule has 0 aliphatic carbocycles. The number of amides is 1. The molecule has 0 aromatic heterocycles. The Balaban J connectivity index is 4.81. The van der Waals surface area contributed by atoms with E-state index >= 15 is 0 Å². The van der Waals surface area contributed by atoms with Crippen LogP contribution >= 0.6 is 0 Å². The van der Waals surface area contributed by atoms with E-state index in [1.807, 2.05) is 25.9 Å². The number of carbonyl (C=O) groups is 1. The molecule has 5 nitrogen and oxygen atoms in total. The molecule has 0 spiro atoms. The van der Waals surface area contributed by atoms with Crippen LogP contribution in [0.2, 0.25) is 0 Å². The Hall–Kier alpha value is -1.36. The number of likely N-dealkylation sites (N-methyl/N-ethyl adjacent to an activating group) is 2. The van der Waals surface area contributed by atoms with Gasteiger partial charge in [-0.2, -0.15) is 0 Å². The molecule has 0 saturated heterocycles. The molecular formula is C11H22N4O. The van der Waals surface area contributed by atoms with Gasteiger partial charge in [0, 0.05) is 19.7 Å². The van der Waals surface area contributed by atoms with Gasteiger partial charge in [-0.15, -0.1) is 0 Å². The number of hydrogen-bond acceptors (Lipinski definition) is 3. The molecule has 0 bridgehead atoms. The zero-order valence-corrected chi connectivity index (χ0v) is 11.0. The van der Waals surface area contributed by atoms with Crippen molar-refractivity contribution in [3.63, 3.8) is 0 Å². The van der Waals surface area contributed by atoms with E-state index in [2.05, 4.69) is 15.6 Å². The number of hydrogen-bond donors (Lipinski definition) is 2. The first-order valence-electron chi connectivity index (χ1n) is 5.24. The van der Waals surface area contributed by atoms with Gasteiger partial charge in [-0.1, -0.05) is 0 Å². The largest absolute Gasteiger partial charge is 0.373 e. The second-order valence-electron chi connectivity index (χ2n) is 3.77. The third-order valence-electron chi connectivity index (χ3n) is 2.27. The minimum absolute atomic E-state index is 0.0659. The molecule has 2 N–H and O–H groups in total. The van der Waals surface area contributed by atoms with Crippen molar-refractivity contribution in [1.82, 2.24) is 15.5 Å². The van der Waals surface area contributed by atoms with E-state index in [-0.39, 0.29) is 12.1 Å². The highest BCUT2D eigenvalue weighted by molar-refractivity contribution is 6.02. The Kier molecular flexibility index (Phi) is 6.41. The predicted octanol–water partition coefficient (Wildman–Crippen LogP) is 0.204. The molecule has 1 unspecified atom stereocenters. The van der Waals surface area contributed by atoms with Gasteiger partial charge in [-0.25, -0.2) is 4.99 Å². The predicted molar refractivity (Wildman–Crippen MR) is 67.5 cm³/mol. The normalized spacial score (nSPS) is 14.9. The maximum atomic E-state index is 11.3. The lowest BCUT2D eigenvalue weighted by Gasteiger charge is -2.16. The van der Waals surface area contributed by atoms with Crippen LogP contribution in [0.1, 0.15) is 13.8 Å². The number of carbonyl (C=O) groups excluding carboxylic acids is 1. The van der Waals surface area contributed by atoms with E-state index in [0.29, 0.717) is 11.4 Å². The minimum atomic E-state index is -0.0968. The first-order valence-corrected chi connectivity index (χ1v) is 5.24. The number of nitrogens with zero attached hydrogens (tertiary/aromatic N) is 2. The van der Waals surface area contributed by atoms with Gasteiger partial charge in [0.1, 0.15) is 12.0 Å². The monoisotopic (exact) mass is 226 g/mol. The first kappa shape index (κ1) is 14.6. The molecule has 0 fully saturated rings. The van der Waals surface area contributed by atoms with E-state index in [1.54, 1.807) is 27.1 Å². The summed E-state index contributed by atoms with van der Waals surface area (Å²) < 4.78 is 0. The number of amidine groups is 1. The zero-order valence-electron chi connectivity index (χ0n) is 11.0. The Morgan fingerprint density at radius 2 is 1.88 bits per heavy atom. The van der Waals surface area contributed by atoms with Crippen LogP contribution in [-0.2, 0) is 4.79 Å². The molecule has 16 heavy (non-hydrogen) atoms. The summed E-state index contributed by atoms with van der Waals surface area (Å²) in [6, 6.07) is 0. The molecular weight excluding hydrogens is 204 g/mol. The molecule has 0 saturated carbocycles. The summed E-state index contributed by atoms with van der Waals surface area (Å²) in [5.74, 6) is 0.600. The highest BCUT2D eigenvalue weighted by atomic mass is 16.1. The van der Waals surface area contributed by atoms with Crippen molar-refractivity contribution in [2.75, 3.05) is 28.2 Å². The van der Waals surface area contributed by atoms with Crippen LogP contribution in [0.4, 0.5) is 0 Å². The maximum absolute atomic E-state index is 11.3. The summed E-state index contributed by atoms with van der Waals surface area (Å²) in [5, 5.41) is 5.53. The van der Waals surface area contributed by atoms with E-state index in [1.165, 1.54) is 0 Å². The van der Waals surface area contributed by atoms with Gasteiger partial charge in [0.15, 0.2) is 0 Å². The van der Waals surface area contributed by atoms with Crippen LogP contribution in [-0.4, -0.2) is 51.0 Å². The standard InChI is InChI=1S/C11H22N4O/c1-8(11(16)13-4)7-10(12-3)14-9(2)15(5)6/h7,9H,1-6H3,(H,12,14)(H,13,16)/b8-7+. The Bertz CT molecular complexity index is 294. The summed E-state index contributed by atoms with van der Waals surface area (Å²) in [5.41, 5.74) is 0.626. The lowest BCUT2D eigenvalue weighted by atomic mass is 10.2. The van der Waals surface area contributed by atoms with E-state index in [9.17, 15) is 4.79 Å². The number of nitrogens with one attached hydrogen (secondary N) is 2. The molecule has 0 rings (SSSR count). The number of rotatable bonds is 4. The van der Waals surface area contributed by atoms with Gasteiger partial charge in [0.05, 0.1) is 0 Å². The molecule has 0 heterocycles. The summed E-state index contributed by atoms with van der Waals surface area (Å²) in [6.07, 6.45) is 1.80. The molecule has 1 atom stereocenters. The van der Waals surface area contributed by atoms with Crippen LogP contribution in [0.3, 0.4) is 0 Å². The lowest BCUT2D eigenvalue weighted by molar-refractivity contribution is -0.116. The van der Waals surface area contributed by atoms with Crippen molar-refractivity contribution < 1.29 is 4.79 Å². The quantitative estimate of drug-likeness (QED) is 0.409. The van der Waals surface area contributed by atoms with Crippen LogP contribution in [0, 0.1) is 0 Å². The Morgan fingerprint density at radius 1 is 1.31 bits per heavy atom. The van der Waals surface area contributed by atoms with Crippen molar-refractivity contribution in [2.24, 2.45) is 4.99 Å². The third-order valence-corrected chi connectivity index (χ3v) is 2.27. The van der Waals surface area contributed by atoms with E-state index < -0.39 is 0 Å². The minimum Gasteiger partial charge on any atom is -0.373 e. The topological polar surface area (TPSA) is 56.7 Å². The van der Waals surface area contributed by atoms with Crippen LogP contribution < -0.4 is 10.6 Å². The SMILES string of the molecule is CNC(=O)/C(C)=C/C(=N\C(C)N(C)C)NC. The second-order valence-corrected chi connectivity index (χ2v) is 3.77. The molecule has 5 heteroatoms. The van der Waals surface area contributed by atoms with Crippen molar-refractivity contribution >= 4 is 11.7 Å². The average molecular weight is 226 g/mol. The van der Waals surface area contributed by atoms with Gasteiger partial charge in [-0.05, 0) is 34.0 Å². The van der Waals surface area contributed by atoms with Crippen LogP contribution in [0.25, 0.3) is 0 Å². The van der Waals surface area contributed by atoms with Gasteiger partial charge in [0.25, 0.3) is 0 Å². The van der Waals surface area contributed by atoms with Crippen molar-refractivity contribution in [3.8, 4) is 0 Å². The summed E-state index contributed by atoms with van der Waals surface area (Å²) >= 11 is 0. The molecule has 0 radical (unpaired) electrons. The highest BCUT2D eigenvalue weighted by Crippen LogP contribution is 1.97. The van der Waals surface area contributed by atoms with Gasteiger partial charge in [-0.3, -0.25) is 9.69 Å². The lowest BCUT2D eigenvalue weighted by Crippen LogP contribution is -2.28. The molecule has 0 aromatic carbocycles. The van der Waals surface area contributed by atoms with E-state index in [4.69, 9.17) is 0 Å². The highest BCUT2D eigenvalue weighted by Gasteiger charge is 2.05. The maximum Gasteiger partial charge on any atom is 0.246 e. The zero-order chi connectivity index (χ0) is 12.7. The van der Waals surface area contributed by atoms with Crippen molar-refractivity contribution in [3.05, 3.63) is 11.6 Å². The Morgan fingerprint density at radius 3 is 2.25 bits per heavy atom. The van der Waals surface area contributed by atoms with Gasteiger partial charge < -0.3 is 10.6 Å². The van der Waals surface area contributed by atoms with Crippen molar-refractivity contribution in [2.45, 2.75) is 20.0 Å². The molecule has 0 aliphatic heterocycles. The summed E-state index contributed by atoms with van der Waals surface area (Å²) in [4.78, 5) is 17.7. The average Bonchev–Trinajstić information content (AvgIpc) is 2.26. The van der Waals surface area contributed by atoms with Crippen molar-refractivity contribution in [1.29, 1.82) is 0 Å².